The van der Waals surface area contributed by atoms with Crippen LogP contribution in [-0.2, 0) is 14.3 Å². The van der Waals surface area contributed by atoms with E-state index >= 15 is 0 Å². The minimum Gasteiger partial charge on any atom is -0.598 e. The van der Waals surface area contributed by atoms with Gasteiger partial charge in [0, 0.05) is 18.7 Å². The second-order valence-corrected chi connectivity index (χ2v) is 4.14. The molecule has 10 heteroatoms. The van der Waals surface area contributed by atoms with Gasteiger partial charge >= 0.3 is 11.9 Å². The number of rotatable bonds is 5. The van der Waals surface area contributed by atoms with Crippen LogP contribution in [0.25, 0.3) is 5.69 Å². The zero-order valence-electron chi connectivity index (χ0n) is 12.1. The average molecular weight is 343 g/mol. The lowest BCUT2D eigenvalue weighted by Gasteiger charge is -2.16. The lowest BCUT2D eigenvalue weighted by atomic mass is 10.3. The van der Waals surface area contributed by atoms with Gasteiger partial charge in [-0.25, -0.2) is 0 Å². The van der Waals surface area contributed by atoms with Crippen molar-refractivity contribution in [3.05, 3.63) is 36.5 Å². The van der Waals surface area contributed by atoms with Crippen molar-refractivity contribution in [1.82, 2.24) is 5.27 Å². The van der Waals surface area contributed by atoms with Gasteiger partial charge in [0.05, 0.1) is 7.11 Å². The van der Waals surface area contributed by atoms with Crippen LogP contribution in [0.5, 0.6) is 0 Å². The van der Waals surface area contributed by atoms with E-state index in [0.717, 1.165) is 5.69 Å². The summed E-state index contributed by atoms with van der Waals surface area (Å²) in [4.78, 5) is 14.6. The number of hydrogen-bond acceptors (Lipinski definition) is 8. The largest absolute Gasteiger partial charge is 0.598 e. The van der Waals surface area contributed by atoms with E-state index in [-0.39, 0.29) is 24.9 Å². The van der Waals surface area contributed by atoms with Crippen molar-refractivity contribution in [2.75, 3.05) is 13.7 Å². The predicted octanol–water partition coefficient (Wildman–Crippen LogP) is -0.762. The first-order valence-corrected chi connectivity index (χ1v) is 6.26. The van der Waals surface area contributed by atoms with Gasteiger partial charge in [-0.15, -0.1) is 12.4 Å². The van der Waals surface area contributed by atoms with E-state index in [2.05, 4.69) is 15.0 Å². The Hall–Kier alpha value is -2.65. The van der Waals surface area contributed by atoms with Crippen molar-refractivity contribution in [1.29, 1.82) is 0 Å². The standard InChI is InChI=1S/C13H14N4O5.ClH/c1-20-12(18)10(14)8-21-13(19)15-11-7-17(16-22-11)9-5-3-2-4-6-9;/h2-7,10H,8,14H2,1H3;1H/t10-;/m0./s1. The van der Waals surface area contributed by atoms with Crippen LogP contribution < -0.4 is 15.5 Å². The number of halogens is 1. The third kappa shape index (κ3) is 5.24. The maximum atomic E-state index is 11.5. The predicted molar refractivity (Wildman–Crippen MR) is 78.3 cm³/mol. The van der Waals surface area contributed by atoms with Crippen molar-refractivity contribution < 1.29 is 28.6 Å². The van der Waals surface area contributed by atoms with E-state index in [1.165, 1.54) is 18.0 Å². The summed E-state index contributed by atoms with van der Waals surface area (Å²) in [6, 6.07) is 8.07. The molecule has 0 unspecified atom stereocenters. The van der Waals surface area contributed by atoms with Crippen molar-refractivity contribution in [3.63, 3.8) is 0 Å². The number of carbonyl (C=O) groups excluding carboxylic acids is 1. The second kappa shape index (κ2) is 8.71. The highest BCUT2D eigenvalue weighted by Gasteiger charge is 2.14. The number of carbonyl (C=O) groups is 1. The monoisotopic (exact) mass is 342 g/mol. The van der Waals surface area contributed by atoms with Gasteiger partial charge in [0.25, 0.3) is 6.20 Å². The summed E-state index contributed by atoms with van der Waals surface area (Å²) in [6.45, 7) is -0.345. The van der Waals surface area contributed by atoms with E-state index in [4.69, 9.17) is 15.0 Å². The molecule has 0 fully saturated rings. The molecule has 2 aromatic rings. The van der Waals surface area contributed by atoms with Crippen molar-refractivity contribution >= 4 is 30.3 Å². The zero-order valence-corrected chi connectivity index (χ0v) is 12.9. The van der Waals surface area contributed by atoms with Gasteiger partial charge in [0.15, 0.2) is 6.08 Å². The second-order valence-electron chi connectivity index (χ2n) is 4.14. The quantitative estimate of drug-likeness (QED) is 0.327. The van der Waals surface area contributed by atoms with E-state index < -0.39 is 18.1 Å². The summed E-state index contributed by atoms with van der Waals surface area (Å²) in [7, 11) is 1.19. The Morgan fingerprint density at radius 1 is 1.48 bits per heavy atom. The van der Waals surface area contributed by atoms with Gasteiger partial charge in [-0.05, 0) is 4.68 Å². The van der Waals surface area contributed by atoms with Crippen LogP contribution in [-0.4, -0.2) is 37.1 Å². The molecular weight excluding hydrogens is 328 g/mol. The maximum Gasteiger partial charge on any atom is 0.323 e. The van der Waals surface area contributed by atoms with Crippen molar-refractivity contribution in [3.8, 4) is 5.69 Å². The maximum absolute atomic E-state index is 11.5. The van der Waals surface area contributed by atoms with Crippen molar-refractivity contribution in [2.45, 2.75) is 6.04 Å². The van der Waals surface area contributed by atoms with Gasteiger partial charge in [0.1, 0.15) is 6.04 Å². The normalized spacial score (nSPS) is 12.2. The summed E-state index contributed by atoms with van der Waals surface area (Å²) >= 11 is 0. The molecule has 0 bridgehead atoms. The van der Waals surface area contributed by atoms with Gasteiger partial charge in [0.2, 0.25) is 11.0 Å². The third-order valence-electron chi connectivity index (χ3n) is 2.57. The molecule has 1 aromatic heterocycles. The number of methoxy groups -OCH3 is 1. The number of nitrogens with two attached hydrogens (primary N) is 1. The number of esters is 1. The molecule has 0 saturated heterocycles. The smallest absolute Gasteiger partial charge is 0.323 e. The molecule has 124 valence electrons. The van der Waals surface area contributed by atoms with Crippen molar-refractivity contribution in [2.24, 2.45) is 10.7 Å². The van der Waals surface area contributed by atoms with Crippen LogP contribution >= 0.6 is 12.4 Å². The first-order valence-electron chi connectivity index (χ1n) is 6.26. The first kappa shape index (κ1) is 18.4. The third-order valence-corrected chi connectivity index (χ3v) is 2.57. The molecule has 2 rings (SSSR count). The van der Waals surface area contributed by atoms with Gasteiger partial charge in [-0.3, -0.25) is 9.32 Å². The van der Waals surface area contributed by atoms with Gasteiger partial charge in [-0.2, -0.15) is 4.99 Å². The molecule has 1 heterocycles. The van der Waals surface area contributed by atoms with Crippen LogP contribution in [0.15, 0.2) is 46.0 Å². The molecule has 0 aliphatic rings. The number of hydrogen-bond donors (Lipinski definition) is 1. The molecule has 0 aliphatic heterocycles. The Morgan fingerprint density at radius 2 is 2.17 bits per heavy atom. The number of aromatic nitrogens is 2. The fraction of sp³-hybridized carbons (Fsp3) is 0.231. The molecule has 0 radical (unpaired) electrons. The average Bonchev–Trinajstić information content (AvgIpc) is 3.01. The molecule has 2 N–H and O–H groups in total. The molecule has 0 aliphatic carbocycles. The lowest BCUT2D eigenvalue weighted by molar-refractivity contribution is -0.670. The summed E-state index contributed by atoms with van der Waals surface area (Å²) in [5, 5.41) is 15.2. The summed E-state index contributed by atoms with van der Waals surface area (Å²) in [6.07, 6.45) is 0.465. The van der Waals surface area contributed by atoms with E-state index in [1.807, 2.05) is 18.2 Å². The topological polar surface area (TPSA) is 127 Å². The molecule has 23 heavy (non-hydrogen) atoms. The summed E-state index contributed by atoms with van der Waals surface area (Å²) < 4.78 is 15.4. The highest BCUT2D eigenvalue weighted by molar-refractivity contribution is 5.85. The summed E-state index contributed by atoms with van der Waals surface area (Å²) in [5.41, 5.74) is 6.16. The SMILES string of the molecule is COC(=O)[C@@H](N)CO/C([O-])=N/c1c[n+](-c2ccccc2)no1.Cl. The van der Waals surface area contributed by atoms with Crippen LogP contribution in [0.1, 0.15) is 0 Å². The Morgan fingerprint density at radius 3 is 2.83 bits per heavy atom. The number of para-hydroxylation sites is 1. The van der Waals surface area contributed by atoms with Crippen LogP contribution in [0.3, 0.4) is 0 Å². The van der Waals surface area contributed by atoms with E-state index in [0.29, 0.717) is 0 Å². The molecule has 0 spiro atoms. The minimum atomic E-state index is -1.06. The summed E-state index contributed by atoms with van der Waals surface area (Å²) in [5.74, 6) is -0.727. The Labute approximate surface area is 137 Å². The van der Waals surface area contributed by atoms with E-state index in [1.54, 1.807) is 12.1 Å². The fourth-order valence-electron chi connectivity index (χ4n) is 1.49. The van der Waals surface area contributed by atoms with Crippen LogP contribution in [0, 0.1) is 0 Å². The number of nitrogens with zero attached hydrogens (tertiary/aromatic N) is 3. The molecule has 0 saturated carbocycles. The fourth-order valence-corrected chi connectivity index (χ4v) is 1.49. The molecule has 0 amide bonds. The Bertz CT molecular complexity index is 661. The first-order chi connectivity index (χ1) is 10.6. The highest BCUT2D eigenvalue weighted by Crippen LogP contribution is 2.08. The molecule has 1 atom stereocenters. The number of benzene rings is 1. The Kier molecular flexibility index (Phi) is 6.97. The lowest BCUT2D eigenvalue weighted by Crippen LogP contribution is -2.38. The highest BCUT2D eigenvalue weighted by atomic mass is 35.5. The zero-order chi connectivity index (χ0) is 15.9. The van der Waals surface area contributed by atoms with Gasteiger partial charge in [-0.1, -0.05) is 18.2 Å². The number of aliphatic imine (C=N–C) groups is 1. The number of ether oxygens (including phenoxy) is 2. The van der Waals surface area contributed by atoms with Crippen LogP contribution in [0.4, 0.5) is 5.88 Å². The molecule has 9 nitrogen and oxygen atoms in total. The minimum absolute atomic E-state index is 0. The van der Waals surface area contributed by atoms with E-state index in [9.17, 15) is 9.90 Å². The van der Waals surface area contributed by atoms with Crippen LogP contribution in [0.2, 0.25) is 0 Å². The molecular formula is C13H15ClN4O5. The Balaban J connectivity index is 0.00000264. The molecule has 1 aromatic carbocycles. The van der Waals surface area contributed by atoms with Gasteiger partial charge < -0.3 is 20.3 Å².